The Hall–Kier alpha value is -2.44. The van der Waals surface area contributed by atoms with Gasteiger partial charge in [0, 0.05) is 37.2 Å². The Bertz CT molecular complexity index is 970. The summed E-state index contributed by atoms with van der Waals surface area (Å²) in [6.45, 7) is 7.61. The number of nitrogens with zero attached hydrogens (tertiary/aromatic N) is 2. The van der Waals surface area contributed by atoms with Gasteiger partial charge in [-0.25, -0.2) is 8.42 Å². The molecule has 6 heteroatoms. The fourth-order valence-corrected chi connectivity index (χ4v) is 4.44. The van der Waals surface area contributed by atoms with E-state index >= 15 is 0 Å². The summed E-state index contributed by atoms with van der Waals surface area (Å²) < 4.78 is 26.7. The van der Waals surface area contributed by atoms with Gasteiger partial charge in [0.15, 0.2) is 0 Å². The number of sulfonamides is 1. The molecule has 2 aromatic rings. The summed E-state index contributed by atoms with van der Waals surface area (Å²) in [4.78, 5) is 14.4. The largest absolute Gasteiger partial charge is 0.336 e. The summed E-state index contributed by atoms with van der Waals surface area (Å²) in [5.74, 6) is 0.369. The lowest BCUT2D eigenvalue weighted by molar-refractivity contribution is 0.0698. The van der Waals surface area contributed by atoms with Crippen molar-refractivity contribution in [3.63, 3.8) is 0 Å². The van der Waals surface area contributed by atoms with Crippen molar-refractivity contribution in [1.82, 2.24) is 9.21 Å². The fourth-order valence-electron chi connectivity index (χ4n) is 3.27. The average Bonchev–Trinajstić information content (AvgIpc) is 2.73. The Labute approximate surface area is 173 Å². The fraction of sp³-hybridized carbons (Fsp3) is 0.348. The van der Waals surface area contributed by atoms with Crippen LogP contribution in [0.5, 0.6) is 0 Å². The zero-order chi connectivity index (χ0) is 21.0. The molecule has 1 fully saturated rings. The number of carbonyl (C=O) groups excluding carboxylic acids is 1. The molecule has 154 valence electrons. The Morgan fingerprint density at radius 2 is 1.52 bits per heavy atom. The first-order valence-electron chi connectivity index (χ1n) is 9.90. The summed E-state index contributed by atoms with van der Waals surface area (Å²) >= 11 is 0. The number of piperazine rings is 1. The van der Waals surface area contributed by atoms with Crippen LogP contribution in [0, 0.1) is 6.92 Å². The van der Waals surface area contributed by atoms with Crippen LogP contribution in [0.1, 0.15) is 46.8 Å². The molecule has 3 rings (SSSR count). The van der Waals surface area contributed by atoms with E-state index in [0.717, 1.165) is 11.1 Å². The number of benzene rings is 2. The van der Waals surface area contributed by atoms with Crippen LogP contribution >= 0.6 is 0 Å². The van der Waals surface area contributed by atoms with Crippen LogP contribution < -0.4 is 0 Å². The van der Waals surface area contributed by atoms with Gasteiger partial charge in [-0.1, -0.05) is 55.8 Å². The van der Waals surface area contributed by atoms with Gasteiger partial charge in [0.2, 0.25) is 10.0 Å². The van der Waals surface area contributed by atoms with Crippen molar-refractivity contribution in [2.75, 3.05) is 26.2 Å². The van der Waals surface area contributed by atoms with E-state index < -0.39 is 10.0 Å². The van der Waals surface area contributed by atoms with Gasteiger partial charge in [0.05, 0.1) is 0 Å². The standard InChI is InChI=1S/C23H28N2O3S/c1-18(2)21-8-10-22(11-9-21)23(26)24-13-15-25(16-14-24)29(27,28)17-12-20-6-4-19(3)5-7-20/h4-12,17-18H,13-16H2,1-3H3. The van der Waals surface area contributed by atoms with E-state index in [4.69, 9.17) is 0 Å². The van der Waals surface area contributed by atoms with E-state index in [0.29, 0.717) is 37.7 Å². The van der Waals surface area contributed by atoms with E-state index in [9.17, 15) is 13.2 Å². The Morgan fingerprint density at radius 3 is 2.07 bits per heavy atom. The highest BCUT2D eigenvalue weighted by Gasteiger charge is 2.27. The Balaban J connectivity index is 1.60. The quantitative estimate of drug-likeness (QED) is 0.749. The lowest BCUT2D eigenvalue weighted by atomic mass is 10.0. The SMILES string of the molecule is Cc1ccc(C=CS(=O)(=O)N2CCN(C(=O)c3ccc(C(C)C)cc3)CC2)cc1. The number of rotatable bonds is 5. The summed E-state index contributed by atoms with van der Waals surface area (Å²) in [5.41, 5.74) is 3.81. The van der Waals surface area contributed by atoms with Crippen LogP contribution in [-0.2, 0) is 10.0 Å². The third-order valence-corrected chi connectivity index (χ3v) is 6.78. The molecule has 0 atom stereocenters. The molecule has 0 aliphatic carbocycles. The second kappa shape index (κ2) is 8.93. The topological polar surface area (TPSA) is 57.7 Å². The van der Waals surface area contributed by atoms with Crippen LogP contribution in [0.15, 0.2) is 53.9 Å². The highest BCUT2D eigenvalue weighted by atomic mass is 32.2. The van der Waals surface area contributed by atoms with Crippen molar-refractivity contribution in [2.45, 2.75) is 26.7 Å². The maximum Gasteiger partial charge on any atom is 0.253 e. The smallest absolute Gasteiger partial charge is 0.253 e. The van der Waals surface area contributed by atoms with Crippen molar-refractivity contribution in [1.29, 1.82) is 0 Å². The maximum absolute atomic E-state index is 12.7. The lowest BCUT2D eigenvalue weighted by Gasteiger charge is -2.33. The minimum Gasteiger partial charge on any atom is -0.336 e. The second-order valence-corrected chi connectivity index (χ2v) is 9.54. The van der Waals surface area contributed by atoms with Gasteiger partial charge in [-0.3, -0.25) is 4.79 Å². The van der Waals surface area contributed by atoms with E-state index in [2.05, 4.69) is 13.8 Å². The van der Waals surface area contributed by atoms with Gasteiger partial charge in [0.1, 0.15) is 0 Å². The first-order valence-corrected chi connectivity index (χ1v) is 11.4. The predicted octanol–water partition coefficient (Wildman–Crippen LogP) is 3.88. The average molecular weight is 413 g/mol. The summed E-state index contributed by atoms with van der Waals surface area (Å²) in [5, 5.41) is 1.25. The zero-order valence-corrected chi connectivity index (χ0v) is 18.0. The lowest BCUT2D eigenvalue weighted by Crippen LogP contribution is -2.50. The molecule has 1 aliphatic heterocycles. The number of amides is 1. The molecule has 1 aliphatic rings. The molecular formula is C23H28N2O3S. The molecule has 1 saturated heterocycles. The van der Waals surface area contributed by atoms with Gasteiger partial charge >= 0.3 is 0 Å². The zero-order valence-electron chi connectivity index (χ0n) is 17.2. The number of carbonyl (C=O) groups is 1. The van der Waals surface area contributed by atoms with Crippen molar-refractivity contribution in [3.8, 4) is 0 Å². The molecule has 29 heavy (non-hydrogen) atoms. The molecule has 2 aromatic carbocycles. The van der Waals surface area contributed by atoms with E-state index in [-0.39, 0.29) is 5.91 Å². The minimum absolute atomic E-state index is 0.0486. The maximum atomic E-state index is 12.7. The highest BCUT2D eigenvalue weighted by molar-refractivity contribution is 7.92. The molecular weight excluding hydrogens is 384 g/mol. The van der Waals surface area contributed by atoms with E-state index in [1.807, 2.05) is 55.5 Å². The molecule has 0 bridgehead atoms. The summed E-state index contributed by atoms with van der Waals surface area (Å²) in [6, 6.07) is 15.3. The van der Waals surface area contributed by atoms with Crippen LogP contribution in [0.4, 0.5) is 0 Å². The Kier molecular flexibility index (Phi) is 6.55. The first kappa shape index (κ1) is 21.3. The van der Waals surface area contributed by atoms with Gasteiger partial charge in [-0.2, -0.15) is 4.31 Å². The van der Waals surface area contributed by atoms with Gasteiger partial charge in [-0.15, -0.1) is 0 Å². The third-order valence-electron chi connectivity index (χ3n) is 5.22. The van der Waals surface area contributed by atoms with Crippen molar-refractivity contribution in [3.05, 3.63) is 76.2 Å². The molecule has 0 saturated carbocycles. The van der Waals surface area contributed by atoms with Crippen molar-refractivity contribution >= 4 is 22.0 Å². The van der Waals surface area contributed by atoms with Crippen molar-refractivity contribution in [2.24, 2.45) is 0 Å². The van der Waals surface area contributed by atoms with E-state index in [1.54, 1.807) is 11.0 Å². The van der Waals surface area contributed by atoms with Crippen LogP contribution in [0.3, 0.4) is 0 Å². The molecule has 1 heterocycles. The monoisotopic (exact) mass is 412 g/mol. The number of aryl methyl sites for hydroxylation is 1. The minimum atomic E-state index is -3.51. The molecule has 0 aromatic heterocycles. The number of hydrogen-bond acceptors (Lipinski definition) is 3. The molecule has 1 amide bonds. The molecule has 5 nitrogen and oxygen atoms in total. The summed E-state index contributed by atoms with van der Waals surface area (Å²) in [7, 11) is -3.51. The second-order valence-electron chi connectivity index (χ2n) is 7.73. The van der Waals surface area contributed by atoms with Gasteiger partial charge in [-0.05, 0) is 42.2 Å². The third kappa shape index (κ3) is 5.34. The van der Waals surface area contributed by atoms with Crippen LogP contribution in [0.2, 0.25) is 0 Å². The van der Waals surface area contributed by atoms with Crippen molar-refractivity contribution < 1.29 is 13.2 Å². The van der Waals surface area contributed by atoms with Crippen LogP contribution in [0.25, 0.3) is 6.08 Å². The highest BCUT2D eigenvalue weighted by Crippen LogP contribution is 2.17. The van der Waals surface area contributed by atoms with Gasteiger partial charge in [0.25, 0.3) is 5.91 Å². The van der Waals surface area contributed by atoms with Crippen LogP contribution in [-0.4, -0.2) is 49.7 Å². The molecule has 0 radical (unpaired) electrons. The summed E-state index contributed by atoms with van der Waals surface area (Å²) in [6.07, 6.45) is 1.61. The number of hydrogen-bond donors (Lipinski definition) is 0. The Morgan fingerprint density at radius 1 is 0.931 bits per heavy atom. The molecule has 0 unspecified atom stereocenters. The molecule has 0 spiro atoms. The normalized spacial score (nSPS) is 15.9. The predicted molar refractivity (Wildman–Crippen MR) is 117 cm³/mol. The van der Waals surface area contributed by atoms with E-state index in [1.165, 1.54) is 15.3 Å². The molecule has 0 N–H and O–H groups in total. The van der Waals surface area contributed by atoms with Gasteiger partial charge < -0.3 is 4.90 Å². The first-order chi connectivity index (χ1) is 13.8.